The molecular formula is C5H14N2. The molecule has 0 radical (unpaired) electrons. The SMILES string of the molecule is CCNCCNC. The lowest BCUT2D eigenvalue weighted by molar-refractivity contribution is 0.672. The maximum Gasteiger partial charge on any atom is 0.00764 e. The van der Waals surface area contributed by atoms with Crippen LogP contribution < -0.4 is 10.6 Å². The van der Waals surface area contributed by atoms with Gasteiger partial charge in [-0.15, -0.1) is 0 Å². The van der Waals surface area contributed by atoms with Gasteiger partial charge in [-0.05, 0) is 13.6 Å². The van der Waals surface area contributed by atoms with Crippen molar-refractivity contribution < 1.29 is 0 Å². The molecule has 0 aliphatic heterocycles. The van der Waals surface area contributed by atoms with E-state index in [0.717, 1.165) is 19.6 Å². The van der Waals surface area contributed by atoms with Gasteiger partial charge in [0.1, 0.15) is 0 Å². The fourth-order valence-electron chi connectivity index (χ4n) is 0.390. The first-order chi connectivity index (χ1) is 3.41. The molecule has 0 atom stereocenters. The van der Waals surface area contributed by atoms with Crippen LogP contribution in [0.4, 0.5) is 0 Å². The van der Waals surface area contributed by atoms with Crippen molar-refractivity contribution in [2.75, 3.05) is 26.7 Å². The number of hydrogen-bond acceptors (Lipinski definition) is 2. The van der Waals surface area contributed by atoms with E-state index in [0.29, 0.717) is 0 Å². The van der Waals surface area contributed by atoms with Crippen LogP contribution in [0, 0.1) is 0 Å². The molecule has 0 spiro atoms. The topological polar surface area (TPSA) is 24.1 Å². The summed E-state index contributed by atoms with van der Waals surface area (Å²) in [4.78, 5) is 0. The summed E-state index contributed by atoms with van der Waals surface area (Å²) in [5.74, 6) is 0. The van der Waals surface area contributed by atoms with E-state index in [1.807, 2.05) is 7.05 Å². The molecule has 2 heteroatoms. The molecule has 0 aromatic carbocycles. The van der Waals surface area contributed by atoms with Crippen molar-refractivity contribution in [2.45, 2.75) is 6.92 Å². The normalized spacial score (nSPS) is 9.43. The van der Waals surface area contributed by atoms with Crippen molar-refractivity contribution >= 4 is 0 Å². The van der Waals surface area contributed by atoms with Gasteiger partial charge in [0.2, 0.25) is 0 Å². The van der Waals surface area contributed by atoms with Crippen LogP contribution in [0.1, 0.15) is 6.92 Å². The molecule has 0 rings (SSSR count). The largest absolute Gasteiger partial charge is 0.318 e. The standard InChI is InChI=1S/C5H14N2/c1-3-7-5-4-6-2/h6-7H,3-5H2,1-2H3. The summed E-state index contributed by atoms with van der Waals surface area (Å²) in [6.07, 6.45) is 0. The Bertz CT molecular complexity index is 25.3. The zero-order chi connectivity index (χ0) is 5.54. The van der Waals surface area contributed by atoms with Gasteiger partial charge in [-0.3, -0.25) is 0 Å². The van der Waals surface area contributed by atoms with Crippen molar-refractivity contribution in [2.24, 2.45) is 0 Å². The Morgan fingerprint density at radius 1 is 1.29 bits per heavy atom. The lowest BCUT2D eigenvalue weighted by Crippen LogP contribution is -2.24. The van der Waals surface area contributed by atoms with Crippen molar-refractivity contribution in [1.82, 2.24) is 10.6 Å². The summed E-state index contributed by atoms with van der Waals surface area (Å²) in [6, 6.07) is 0. The van der Waals surface area contributed by atoms with Gasteiger partial charge in [0.25, 0.3) is 0 Å². The summed E-state index contributed by atoms with van der Waals surface area (Å²) in [6.45, 7) is 5.32. The molecule has 0 saturated carbocycles. The van der Waals surface area contributed by atoms with Gasteiger partial charge in [-0.25, -0.2) is 0 Å². The fraction of sp³-hybridized carbons (Fsp3) is 1.00. The van der Waals surface area contributed by atoms with Gasteiger partial charge in [-0.1, -0.05) is 6.92 Å². The minimum absolute atomic E-state index is 1.06. The number of likely N-dealkylation sites (N-methyl/N-ethyl adjacent to an activating group) is 2. The zero-order valence-electron chi connectivity index (χ0n) is 5.12. The molecule has 0 aliphatic carbocycles. The molecular weight excluding hydrogens is 88.1 g/mol. The van der Waals surface area contributed by atoms with Crippen LogP contribution in [-0.2, 0) is 0 Å². The number of nitrogens with one attached hydrogen (secondary N) is 2. The molecule has 0 amide bonds. The van der Waals surface area contributed by atoms with Gasteiger partial charge in [0, 0.05) is 13.1 Å². The third-order valence-electron chi connectivity index (χ3n) is 0.802. The monoisotopic (exact) mass is 102 g/mol. The first-order valence-corrected chi connectivity index (χ1v) is 2.77. The highest BCUT2D eigenvalue weighted by Crippen LogP contribution is 1.52. The Labute approximate surface area is 45.3 Å². The zero-order valence-corrected chi connectivity index (χ0v) is 5.12. The molecule has 0 unspecified atom stereocenters. The van der Waals surface area contributed by atoms with E-state index in [1.165, 1.54) is 0 Å². The predicted octanol–water partition coefficient (Wildman–Crippen LogP) is -0.185. The van der Waals surface area contributed by atoms with Crippen LogP contribution in [0.15, 0.2) is 0 Å². The number of rotatable bonds is 4. The van der Waals surface area contributed by atoms with Crippen molar-refractivity contribution in [3.63, 3.8) is 0 Å². The van der Waals surface area contributed by atoms with E-state index < -0.39 is 0 Å². The molecule has 0 aliphatic rings. The lowest BCUT2D eigenvalue weighted by Gasteiger charge is -1.96. The second-order valence-electron chi connectivity index (χ2n) is 1.46. The highest BCUT2D eigenvalue weighted by molar-refractivity contribution is 4.42. The molecule has 2 N–H and O–H groups in total. The smallest absolute Gasteiger partial charge is 0.00764 e. The molecule has 7 heavy (non-hydrogen) atoms. The van der Waals surface area contributed by atoms with E-state index in [1.54, 1.807) is 0 Å². The molecule has 0 fully saturated rings. The molecule has 2 nitrogen and oxygen atoms in total. The molecule has 0 bridgehead atoms. The maximum absolute atomic E-state index is 3.19. The minimum Gasteiger partial charge on any atom is -0.318 e. The van der Waals surface area contributed by atoms with Crippen LogP contribution in [0.25, 0.3) is 0 Å². The third-order valence-corrected chi connectivity index (χ3v) is 0.802. The van der Waals surface area contributed by atoms with Crippen molar-refractivity contribution in [3.05, 3.63) is 0 Å². The molecule has 0 heterocycles. The predicted molar refractivity (Wildman–Crippen MR) is 32.5 cm³/mol. The summed E-state index contributed by atoms with van der Waals surface area (Å²) in [7, 11) is 1.96. The Kier molecular flexibility index (Phi) is 5.85. The minimum atomic E-state index is 1.06. The van der Waals surface area contributed by atoms with Crippen molar-refractivity contribution in [3.8, 4) is 0 Å². The Morgan fingerprint density at radius 2 is 2.00 bits per heavy atom. The molecule has 0 aromatic rings. The highest BCUT2D eigenvalue weighted by Gasteiger charge is 1.75. The van der Waals surface area contributed by atoms with Gasteiger partial charge in [0.15, 0.2) is 0 Å². The second-order valence-corrected chi connectivity index (χ2v) is 1.46. The van der Waals surface area contributed by atoms with Gasteiger partial charge < -0.3 is 10.6 Å². The lowest BCUT2D eigenvalue weighted by atomic mass is 10.6. The van der Waals surface area contributed by atoms with Crippen LogP contribution in [0.3, 0.4) is 0 Å². The van der Waals surface area contributed by atoms with E-state index in [4.69, 9.17) is 0 Å². The number of hydrogen-bond donors (Lipinski definition) is 2. The summed E-state index contributed by atoms with van der Waals surface area (Å²) in [5, 5.41) is 6.23. The second kappa shape index (κ2) is 5.92. The third kappa shape index (κ3) is 5.92. The average molecular weight is 102 g/mol. The summed E-state index contributed by atoms with van der Waals surface area (Å²) >= 11 is 0. The van der Waals surface area contributed by atoms with Crippen molar-refractivity contribution in [1.29, 1.82) is 0 Å². The van der Waals surface area contributed by atoms with Crippen LogP contribution in [-0.4, -0.2) is 26.7 Å². The van der Waals surface area contributed by atoms with Crippen LogP contribution >= 0.6 is 0 Å². The van der Waals surface area contributed by atoms with Gasteiger partial charge in [0.05, 0.1) is 0 Å². The van der Waals surface area contributed by atoms with Crippen LogP contribution in [0.5, 0.6) is 0 Å². The van der Waals surface area contributed by atoms with E-state index in [9.17, 15) is 0 Å². The highest BCUT2D eigenvalue weighted by atomic mass is 14.9. The van der Waals surface area contributed by atoms with Gasteiger partial charge >= 0.3 is 0 Å². The summed E-state index contributed by atoms with van der Waals surface area (Å²) in [5.41, 5.74) is 0. The maximum atomic E-state index is 3.19. The Morgan fingerprint density at radius 3 is 2.43 bits per heavy atom. The fourth-order valence-corrected chi connectivity index (χ4v) is 0.390. The van der Waals surface area contributed by atoms with E-state index in [2.05, 4.69) is 17.6 Å². The van der Waals surface area contributed by atoms with E-state index >= 15 is 0 Å². The molecule has 0 aromatic heterocycles. The van der Waals surface area contributed by atoms with Crippen LogP contribution in [0.2, 0.25) is 0 Å². The Hall–Kier alpha value is -0.0800. The summed E-state index contributed by atoms with van der Waals surface area (Å²) < 4.78 is 0. The van der Waals surface area contributed by atoms with Gasteiger partial charge in [-0.2, -0.15) is 0 Å². The van der Waals surface area contributed by atoms with E-state index in [-0.39, 0.29) is 0 Å². The average Bonchev–Trinajstić information content (AvgIpc) is 1.69. The first kappa shape index (κ1) is 6.92. The molecule has 0 saturated heterocycles. The first-order valence-electron chi connectivity index (χ1n) is 2.77. The quantitative estimate of drug-likeness (QED) is 0.481. The Balaban J connectivity index is 2.45. The molecule has 44 valence electrons.